The van der Waals surface area contributed by atoms with Crippen LogP contribution < -0.4 is 5.32 Å². The number of hydrogen-bond acceptors (Lipinski definition) is 3. The smallest absolute Gasteiger partial charge is 0.130 e. The van der Waals surface area contributed by atoms with E-state index >= 15 is 0 Å². The zero-order valence-electron chi connectivity index (χ0n) is 7.70. The first-order chi connectivity index (χ1) is 6.15. The Morgan fingerprint density at radius 2 is 2.14 bits per heavy atom. The van der Waals surface area contributed by atoms with Gasteiger partial charge in [-0.25, -0.2) is 0 Å². The predicted octanol–water partition coefficient (Wildman–Crippen LogP) is 1.83. The zero-order chi connectivity index (χ0) is 9.84. The van der Waals surface area contributed by atoms with E-state index in [0.29, 0.717) is 16.6 Å². The van der Waals surface area contributed by atoms with Crippen LogP contribution in [0.2, 0.25) is 0 Å². The van der Waals surface area contributed by atoms with Gasteiger partial charge >= 0.3 is 0 Å². The molecule has 80 valence electrons. The number of benzene rings is 1. The number of phenolic OH excluding ortho intramolecular Hbond substituents is 1. The van der Waals surface area contributed by atoms with Gasteiger partial charge in [0.05, 0.1) is 10.6 Å². The van der Waals surface area contributed by atoms with Crippen molar-refractivity contribution in [2.75, 3.05) is 13.6 Å². The van der Waals surface area contributed by atoms with E-state index in [2.05, 4.69) is 21.2 Å². The van der Waals surface area contributed by atoms with Crippen molar-refractivity contribution in [2.45, 2.75) is 6.10 Å². The first kappa shape index (κ1) is 13.7. The van der Waals surface area contributed by atoms with Crippen molar-refractivity contribution in [1.29, 1.82) is 0 Å². The molecule has 0 heterocycles. The van der Waals surface area contributed by atoms with E-state index in [9.17, 15) is 10.2 Å². The van der Waals surface area contributed by atoms with Gasteiger partial charge in [-0.05, 0) is 40.7 Å². The first-order valence-electron chi connectivity index (χ1n) is 3.96. The highest BCUT2D eigenvalue weighted by Gasteiger charge is 2.07. The average molecular weight is 283 g/mol. The second kappa shape index (κ2) is 6.24. The van der Waals surface area contributed by atoms with E-state index in [1.54, 1.807) is 25.2 Å². The van der Waals surface area contributed by atoms with E-state index < -0.39 is 6.10 Å². The van der Waals surface area contributed by atoms with Crippen molar-refractivity contribution in [3.63, 3.8) is 0 Å². The van der Waals surface area contributed by atoms with Crippen LogP contribution in [-0.2, 0) is 0 Å². The molecule has 5 heteroatoms. The van der Waals surface area contributed by atoms with Crippen molar-refractivity contribution >= 4 is 28.3 Å². The van der Waals surface area contributed by atoms with Crippen molar-refractivity contribution in [2.24, 2.45) is 0 Å². The van der Waals surface area contributed by atoms with Crippen LogP contribution in [-0.4, -0.2) is 23.8 Å². The van der Waals surface area contributed by atoms with Gasteiger partial charge in [0.2, 0.25) is 0 Å². The number of aromatic hydroxyl groups is 1. The fourth-order valence-corrected chi connectivity index (χ4v) is 1.29. The van der Waals surface area contributed by atoms with Crippen LogP contribution in [0, 0.1) is 0 Å². The monoisotopic (exact) mass is 281 g/mol. The van der Waals surface area contributed by atoms with E-state index in [1.807, 2.05) is 0 Å². The summed E-state index contributed by atoms with van der Waals surface area (Å²) in [6.07, 6.45) is -0.580. The Balaban J connectivity index is 0.00000169. The summed E-state index contributed by atoms with van der Waals surface area (Å²) >= 11 is 3.17. The van der Waals surface area contributed by atoms with Crippen LogP contribution in [0.5, 0.6) is 5.75 Å². The molecule has 0 aliphatic carbocycles. The summed E-state index contributed by atoms with van der Waals surface area (Å²) < 4.78 is 0.632. The number of hydrogen-bond donors (Lipinski definition) is 3. The quantitative estimate of drug-likeness (QED) is 0.793. The van der Waals surface area contributed by atoms with Gasteiger partial charge in [-0.15, -0.1) is 12.4 Å². The molecule has 0 spiro atoms. The molecule has 1 aromatic rings. The van der Waals surface area contributed by atoms with Crippen molar-refractivity contribution in [3.05, 3.63) is 28.2 Å². The molecule has 0 bridgehead atoms. The number of aliphatic hydroxyl groups excluding tert-OH is 1. The van der Waals surface area contributed by atoms with Gasteiger partial charge in [0, 0.05) is 6.54 Å². The Bertz CT molecular complexity index is 296. The van der Waals surface area contributed by atoms with Gasteiger partial charge in [-0.1, -0.05) is 6.07 Å². The van der Waals surface area contributed by atoms with Crippen LogP contribution in [0.3, 0.4) is 0 Å². The Labute approximate surface area is 97.7 Å². The van der Waals surface area contributed by atoms with Gasteiger partial charge in [-0.3, -0.25) is 0 Å². The molecule has 0 radical (unpaired) electrons. The number of nitrogens with one attached hydrogen (secondary N) is 1. The number of aliphatic hydroxyl groups is 1. The van der Waals surface area contributed by atoms with E-state index in [4.69, 9.17) is 0 Å². The first-order valence-corrected chi connectivity index (χ1v) is 4.75. The predicted molar refractivity (Wildman–Crippen MR) is 61.9 cm³/mol. The summed E-state index contributed by atoms with van der Waals surface area (Å²) in [4.78, 5) is 0. The fraction of sp³-hybridized carbons (Fsp3) is 0.333. The van der Waals surface area contributed by atoms with E-state index in [0.717, 1.165) is 0 Å². The zero-order valence-corrected chi connectivity index (χ0v) is 10.1. The highest BCUT2D eigenvalue weighted by atomic mass is 79.9. The van der Waals surface area contributed by atoms with Crippen LogP contribution in [0.25, 0.3) is 0 Å². The van der Waals surface area contributed by atoms with Crippen LogP contribution >= 0.6 is 28.3 Å². The number of likely N-dealkylation sites (N-methyl/N-ethyl adjacent to an activating group) is 1. The third-order valence-electron chi connectivity index (χ3n) is 1.75. The third-order valence-corrected chi connectivity index (χ3v) is 2.42. The van der Waals surface area contributed by atoms with Gasteiger partial charge in [-0.2, -0.15) is 0 Å². The minimum Gasteiger partial charge on any atom is -0.507 e. The van der Waals surface area contributed by atoms with E-state index in [1.165, 1.54) is 0 Å². The number of rotatable bonds is 3. The molecule has 0 amide bonds. The summed E-state index contributed by atoms with van der Waals surface area (Å²) in [5, 5.41) is 21.7. The average Bonchev–Trinajstić information content (AvgIpc) is 2.10. The van der Waals surface area contributed by atoms with Gasteiger partial charge in [0.15, 0.2) is 0 Å². The molecule has 0 aliphatic heterocycles. The SMILES string of the molecule is CNCC(O)c1ccc(Br)c(O)c1.Cl. The molecule has 0 saturated carbocycles. The second-order valence-corrected chi connectivity index (χ2v) is 3.64. The number of phenols is 1. The summed E-state index contributed by atoms with van der Waals surface area (Å²) in [7, 11) is 1.77. The third kappa shape index (κ3) is 3.46. The maximum absolute atomic E-state index is 9.55. The highest BCUT2D eigenvalue weighted by Crippen LogP contribution is 2.26. The molecule has 0 saturated heterocycles. The lowest BCUT2D eigenvalue weighted by Crippen LogP contribution is -2.16. The summed E-state index contributed by atoms with van der Waals surface area (Å²) in [6.45, 7) is 0.473. The molecule has 0 aromatic heterocycles. The fourth-order valence-electron chi connectivity index (χ4n) is 1.05. The Hall–Kier alpha value is -0.290. The summed E-state index contributed by atoms with van der Waals surface area (Å²) in [5.41, 5.74) is 0.704. The molecule has 1 aromatic carbocycles. The van der Waals surface area contributed by atoms with Gasteiger partial charge < -0.3 is 15.5 Å². The Morgan fingerprint density at radius 3 is 2.64 bits per heavy atom. The van der Waals surface area contributed by atoms with Crippen LogP contribution in [0.1, 0.15) is 11.7 Å². The minimum atomic E-state index is -0.580. The van der Waals surface area contributed by atoms with Crippen molar-refractivity contribution in [1.82, 2.24) is 5.32 Å². The molecule has 0 fully saturated rings. The summed E-state index contributed by atoms with van der Waals surface area (Å²) in [5.74, 6) is 0.146. The second-order valence-electron chi connectivity index (χ2n) is 2.78. The van der Waals surface area contributed by atoms with Crippen molar-refractivity contribution < 1.29 is 10.2 Å². The lowest BCUT2D eigenvalue weighted by atomic mass is 10.1. The summed E-state index contributed by atoms with van der Waals surface area (Å²) in [6, 6.07) is 5.03. The van der Waals surface area contributed by atoms with E-state index in [-0.39, 0.29) is 18.2 Å². The molecule has 0 aliphatic rings. The van der Waals surface area contributed by atoms with Crippen LogP contribution in [0.15, 0.2) is 22.7 Å². The van der Waals surface area contributed by atoms with Gasteiger partial charge in [0.1, 0.15) is 5.75 Å². The van der Waals surface area contributed by atoms with Gasteiger partial charge in [0.25, 0.3) is 0 Å². The Morgan fingerprint density at radius 1 is 1.50 bits per heavy atom. The standard InChI is InChI=1S/C9H12BrNO2.ClH/c1-11-5-9(13)6-2-3-7(10)8(12)4-6;/h2-4,9,11-13H,5H2,1H3;1H. The maximum Gasteiger partial charge on any atom is 0.130 e. The molecule has 1 unspecified atom stereocenters. The topological polar surface area (TPSA) is 52.5 Å². The molecular formula is C9H13BrClNO2. The highest BCUT2D eigenvalue weighted by molar-refractivity contribution is 9.10. The normalized spacial score (nSPS) is 11.9. The lowest BCUT2D eigenvalue weighted by molar-refractivity contribution is 0.177. The largest absolute Gasteiger partial charge is 0.507 e. The van der Waals surface area contributed by atoms with Crippen molar-refractivity contribution in [3.8, 4) is 5.75 Å². The molecule has 14 heavy (non-hydrogen) atoms. The molecule has 1 rings (SSSR count). The molecule has 1 atom stereocenters. The minimum absolute atomic E-state index is 0. The Kier molecular flexibility index (Phi) is 6.11. The molecule has 3 nitrogen and oxygen atoms in total. The lowest BCUT2D eigenvalue weighted by Gasteiger charge is -2.10. The molecular weight excluding hydrogens is 269 g/mol. The molecule has 3 N–H and O–H groups in total. The maximum atomic E-state index is 9.55. The number of halogens is 2. The van der Waals surface area contributed by atoms with Crippen LogP contribution in [0.4, 0.5) is 0 Å².